The fraction of sp³-hybridized carbons (Fsp3) is 0.292. The number of benzene rings is 2. The highest BCUT2D eigenvalue weighted by molar-refractivity contribution is 7.13. The molecule has 4 rings (SSSR count). The molecule has 8 heteroatoms. The molecular weight excluding hydrogens is 426 g/mol. The number of rotatable bonds is 6. The van der Waals surface area contributed by atoms with Crippen molar-refractivity contribution in [2.75, 3.05) is 25.5 Å². The quantitative estimate of drug-likeness (QED) is 0.544. The summed E-state index contributed by atoms with van der Waals surface area (Å²) in [7, 11) is 1.63. The summed E-state index contributed by atoms with van der Waals surface area (Å²) < 4.78 is 10.9. The standard InChI is InChI=1S/C24H25N3O4S/c1-30-21-10-6-5-9-20(21)22-25-19(16-32-22)15-31-23(28)17-11-13-27(14-12-17)24(29)26-18-7-3-2-4-8-18/h2-10,16-17H,11-15H2,1H3,(H,26,29). The third-order valence-corrected chi connectivity index (χ3v) is 6.32. The zero-order valence-corrected chi connectivity index (χ0v) is 18.6. The van der Waals surface area contributed by atoms with E-state index in [1.54, 1.807) is 12.0 Å². The molecule has 0 saturated carbocycles. The van der Waals surface area contributed by atoms with Crippen molar-refractivity contribution in [2.24, 2.45) is 5.92 Å². The number of para-hydroxylation sites is 2. The number of carbonyl (C=O) groups excluding carboxylic acids is 2. The van der Waals surface area contributed by atoms with Crippen LogP contribution >= 0.6 is 11.3 Å². The van der Waals surface area contributed by atoms with E-state index in [0.717, 1.165) is 22.0 Å². The maximum absolute atomic E-state index is 12.5. The minimum absolute atomic E-state index is 0.138. The number of likely N-dealkylation sites (tertiary alicyclic amines) is 1. The van der Waals surface area contributed by atoms with Crippen molar-refractivity contribution in [3.63, 3.8) is 0 Å². The van der Waals surface area contributed by atoms with Crippen LogP contribution in [0.25, 0.3) is 10.6 Å². The molecule has 1 aromatic heterocycles. The number of piperidine rings is 1. The third-order valence-electron chi connectivity index (χ3n) is 5.39. The van der Waals surface area contributed by atoms with Gasteiger partial charge in [0.15, 0.2) is 0 Å². The average Bonchev–Trinajstić information content (AvgIpc) is 3.32. The van der Waals surface area contributed by atoms with E-state index in [4.69, 9.17) is 9.47 Å². The molecule has 2 amide bonds. The predicted molar refractivity (Wildman–Crippen MR) is 124 cm³/mol. The van der Waals surface area contributed by atoms with Crippen LogP contribution in [0.15, 0.2) is 60.0 Å². The molecule has 0 unspecified atom stereocenters. The number of carbonyl (C=O) groups is 2. The van der Waals surface area contributed by atoms with Gasteiger partial charge in [-0.25, -0.2) is 9.78 Å². The van der Waals surface area contributed by atoms with Crippen molar-refractivity contribution in [3.8, 4) is 16.3 Å². The summed E-state index contributed by atoms with van der Waals surface area (Å²) in [6.45, 7) is 1.18. The van der Waals surface area contributed by atoms with Gasteiger partial charge < -0.3 is 19.7 Å². The minimum Gasteiger partial charge on any atom is -0.496 e. The number of hydrogen-bond acceptors (Lipinski definition) is 6. The Morgan fingerprint density at radius 2 is 1.81 bits per heavy atom. The zero-order chi connectivity index (χ0) is 22.3. The van der Waals surface area contributed by atoms with E-state index in [9.17, 15) is 9.59 Å². The number of hydrogen-bond donors (Lipinski definition) is 1. The lowest BCUT2D eigenvalue weighted by atomic mass is 9.97. The van der Waals surface area contributed by atoms with Crippen molar-refractivity contribution in [1.82, 2.24) is 9.88 Å². The lowest BCUT2D eigenvalue weighted by molar-refractivity contribution is -0.151. The Kier molecular flexibility index (Phi) is 7.01. The van der Waals surface area contributed by atoms with Crippen molar-refractivity contribution in [3.05, 3.63) is 65.7 Å². The molecule has 0 atom stereocenters. The smallest absolute Gasteiger partial charge is 0.321 e. The molecule has 166 valence electrons. The fourth-order valence-corrected chi connectivity index (χ4v) is 4.46. The van der Waals surface area contributed by atoms with E-state index in [0.29, 0.717) is 31.6 Å². The Morgan fingerprint density at radius 3 is 2.56 bits per heavy atom. The highest BCUT2D eigenvalue weighted by atomic mass is 32.1. The van der Waals surface area contributed by atoms with Gasteiger partial charge in [0.1, 0.15) is 17.4 Å². The Morgan fingerprint density at radius 1 is 1.09 bits per heavy atom. The van der Waals surface area contributed by atoms with Crippen LogP contribution in [0.2, 0.25) is 0 Å². The molecule has 2 heterocycles. The molecule has 1 fully saturated rings. The first-order valence-electron chi connectivity index (χ1n) is 10.5. The summed E-state index contributed by atoms with van der Waals surface area (Å²) in [5, 5.41) is 5.60. The maximum Gasteiger partial charge on any atom is 0.321 e. The normalized spacial score (nSPS) is 14.1. The van der Waals surface area contributed by atoms with Gasteiger partial charge in [-0.05, 0) is 37.1 Å². The van der Waals surface area contributed by atoms with Gasteiger partial charge in [-0.3, -0.25) is 4.79 Å². The third kappa shape index (κ3) is 5.26. The van der Waals surface area contributed by atoms with E-state index in [1.807, 2.05) is 60.0 Å². The second kappa shape index (κ2) is 10.3. The Hall–Kier alpha value is -3.39. The van der Waals surface area contributed by atoms with Crippen LogP contribution < -0.4 is 10.1 Å². The predicted octanol–water partition coefficient (Wildman–Crippen LogP) is 4.81. The van der Waals surface area contributed by atoms with E-state index in [1.165, 1.54) is 11.3 Å². The summed E-state index contributed by atoms with van der Waals surface area (Å²) in [5.41, 5.74) is 2.39. The van der Waals surface area contributed by atoms with E-state index >= 15 is 0 Å². The summed E-state index contributed by atoms with van der Waals surface area (Å²) in [6.07, 6.45) is 1.18. The van der Waals surface area contributed by atoms with Gasteiger partial charge >= 0.3 is 12.0 Å². The van der Waals surface area contributed by atoms with Gasteiger partial charge in [-0.15, -0.1) is 11.3 Å². The van der Waals surface area contributed by atoms with Crippen LogP contribution in [0, 0.1) is 5.92 Å². The number of nitrogens with one attached hydrogen (secondary N) is 1. The summed E-state index contributed by atoms with van der Waals surface area (Å²) in [4.78, 5) is 31.2. The highest BCUT2D eigenvalue weighted by Crippen LogP contribution is 2.32. The van der Waals surface area contributed by atoms with Gasteiger partial charge in [0.05, 0.1) is 24.3 Å². The fourth-order valence-electron chi connectivity index (χ4n) is 3.62. The van der Waals surface area contributed by atoms with Crippen LogP contribution in [0.3, 0.4) is 0 Å². The van der Waals surface area contributed by atoms with Gasteiger partial charge in [0, 0.05) is 24.2 Å². The molecule has 3 aromatic rings. The number of amides is 2. The second-order valence-corrected chi connectivity index (χ2v) is 8.37. The largest absolute Gasteiger partial charge is 0.496 e. The molecule has 1 aliphatic rings. The van der Waals surface area contributed by atoms with E-state index < -0.39 is 0 Å². The first-order valence-corrected chi connectivity index (χ1v) is 11.4. The molecular formula is C24H25N3O4S. The average molecular weight is 452 g/mol. The second-order valence-electron chi connectivity index (χ2n) is 7.51. The molecule has 0 bridgehead atoms. The number of anilines is 1. The minimum atomic E-state index is -0.236. The number of urea groups is 1. The molecule has 0 radical (unpaired) electrons. The van der Waals surface area contributed by atoms with Crippen molar-refractivity contribution in [1.29, 1.82) is 0 Å². The molecule has 0 aliphatic carbocycles. The number of methoxy groups -OCH3 is 1. The molecule has 0 spiro atoms. The molecule has 32 heavy (non-hydrogen) atoms. The summed E-state index contributed by atoms with van der Waals surface area (Å²) in [5.74, 6) is 0.316. The number of nitrogens with zero attached hydrogens (tertiary/aromatic N) is 2. The molecule has 1 aliphatic heterocycles. The molecule has 1 N–H and O–H groups in total. The van der Waals surface area contributed by atoms with Crippen molar-refractivity contribution >= 4 is 29.0 Å². The summed E-state index contributed by atoms with van der Waals surface area (Å²) in [6, 6.07) is 16.9. The van der Waals surface area contributed by atoms with Gasteiger partial charge in [0.2, 0.25) is 0 Å². The van der Waals surface area contributed by atoms with Gasteiger partial charge in [-0.1, -0.05) is 30.3 Å². The van der Waals surface area contributed by atoms with E-state index in [-0.39, 0.29) is 24.5 Å². The highest BCUT2D eigenvalue weighted by Gasteiger charge is 2.28. The van der Waals surface area contributed by atoms with Gasteiger partial charge in [0.25, 0.3) is 0 Å². The monoisotopic (exact) mass is 451 g/mol. The molecule has 2 aromatic carbocycles. The number of ether oxygens (including phenoxy) is 2. The van der Waals surface area contributed by atoms with Crippen LogP contribution in [0.4, 0.5) is 10.5 Å². The zero-order valence-electron chi connectivity index (χ0n) is 17.8. The summed E-state index contributed by atoms with van der Waals surface area (Å²) >= 11 is 1.49. The van der Waals surface area contributed by atoms with Crippen molar-refractivity contribution < 1.29 is 19.1 Å². The molecule has 7 nitrogen and oxygen atoms in total. The van der Waals surface area contributed by atoms with Gasteiger partial charge in [-0.2, -0.15) is 0 Å². The van der Waals surface area contributed by atoms with Crippen LogP contribution in [0.5, 0.6) is 5.75 Å². The maximum atomic E-state index is 12.5. The number of aromatic nitrogens is 1. The van der Waals surface area contributed by atoms with Crippen LogP contribution in [0.1, 0.15) is 18.5 Å². The lowest BCUT2D eigenvalue weighted by Crippen LogP contribution is -2.42. The topological polar surface area (TPSA) is 80.8 Å². The Bertz CT molecular complexity index is 1060. The molecule has 1 saturated heterocycles. The van der Waals surface area contributed by atoms with Crippen molar-refractivity contribution in [2.45, 2.75) is 19.4 Å². The van der Waals surface area contributed by atoms with Crippen LogP contribution in [-0.2, 0) is 16.1 Å². The first-order chi connectivity index (χ1) is 15.6. The van der Waals surface area contributed by atoms with Crippen LogP contribution in [-0.4, -0.2) is 42.1 Å². The lowest BCUT2D eigenvalue weighted by Gasteiger charge is -2.30. The van der Waals surface area contributed by atoms with E-state index in [2.05, 4.69) is 10.3 Å². The SMILES string of the molecule is COc1ccccc1-c1nc(COC(=O)C2CCN(C(=O)Nc3ccccc3)CC2)cs1. The number of thiazole rings is 1. The first kappa shape index (κ1) is 21.8. The number of esters is 1. The Labute approximate surface area is 191 Å². The Balaban J connectivity index is 1.25.